The zero-order chi connectivity index (χ0) is 12.3. The van der Waals surface area contributed by atoms with Gasteiger partial charge in [-0.3, -0.25) is 0 Å². The van der Waals surface area contributed by atoms with Crippen LogP contribution >= 0.6 is 0 Å². The van der Waals surface area contributed by atoms with E-state index in [4.69, 9.17) is 0 Å². The van der Waals surface area contributed by atoms with Crippen LogP contribution in [0.25, 0.3) is 0 Å². The molecule has 0 spiro atoms. The molecule has 4 nitrogen and oxygen atoms in total. The molecular formula is C12H24N2O2S. The molecule has 1 atom stereocenters. The van der Waals surface area contributed by atoms with E-state index in [0.29, 0.717) is 11.7 Å². The van der Waals surface area contributed by atoms with Gasteiger partial charge in [0.25, 0.3) is 0 Å². The lowest BCUT2D eigenvalue weighted by atomic mass is 10.2. The summed E-state index contributed by atoms with van der Waals surface area (Å²) in [4.78, 5) is 0. The van der Waals surface area contributed by atoms with Crippen molar-refractivity contribution in [1.82, 2.24) is 9.62 Å². The third-order valence-corrected chi connectivity index (χ3v) is 5.54. The molecule has 1 aliphatic heterocycles. The van der Waals surface area contributed by atoms with Crippen molar-refractivity contribution >= 4 is 10.0 Å². The lowest BCUT2D eigenvalue weighted by Gasteiger charge is -2.15. The molecule has 0 aromatic rings. The number of hydrogen-bond donors (Lipinski definition) is 1. The largest absolute Gasteiger partial charge is 0.314 e. The molecule has 1 saturated carbocycles. The van der Waals surface area contributed by atoms with Crippen LogP contribution in [0.15, 0.2) is 0 Å². The van der Waals surface area contributed by atoms with Gasteiger partial charge in [-0.2, -0.15) is 0 Å². The van der Waals surface area contributed by atoms with Crippen molar-refractivity contribution in [3.8, 4) is 0 Å². The molecular weight excluding hydrogens is 236 g/mol. The van der Waals surface area contributed by atoms with Crippen molar-refractivity contribution in [2.75, 3.05) is 25.4 Å². The Morgan fingerprint density at radius 3 is 2.59 bits per heavy atom. The second kappa shape index (κ2) is 5.67. The molecule has 1 heterocycles. The van der Waals surface area contributed by atoms with Crippen molar-refractivity contribution in [3.05, 3.63) is 0 Å². The normalized spacial score (nSPS) is 26.5. The molecule has 0 bridgehead atoms. The minimum Gasteiger partial charge on any atom is -0.314 e. The fraction of sp³-hybridized carbons (Fsp3) is 1.00. The lowest BCUT2D eigenvalue weighted by Crippen LogP contribution is -2.31. The van der Waals surface area contributed by atoms with Gasteiger partial charge in [0.15, 0.2) is 0 Å². The Kier molecular flexibility index (Phi) is 4.44. The third kappa shape index (κ3) is 4.23. The average molecular weight is 260 g/mol. The molecule has 0 radical (unpaired) electrons. The van der Waals surface area contributed by atoms with E-state index in [1.807, 2.05) is 0 Å². The number of rotatable bonds is 7. The average Bonchev–Trinajstić information content (AvgIpc) is 2.98. The topological polar surface area (TPSA) is 49.4 Å². The summed E-state index contributed by atoms with van der Waals surface area (Å²) < 4.78 is 25.7. The van der Waals surface area contributed by atoms with Gasteiger partial charge in [0, 0.05) is 19.1 Å². The molecule has 0 aromatic heterocycles. The summed E-state index contributed by atoms with van der Waals surface area (Å²) >= 11 is 0. The van der Waals surface area contributed by atoms with Gasteiger partial charge in [-0.1, -0.05) is 6.92 Å². The van der Waals surface area contributed by atoms with Crippen molar-refractivity contribution in [2.24, 2.45) is 5.92 Å². The lowest BCUT2D eigenvalue weighted by molar-refractivity contribution is 0.462. The van der Waals surface area contributed by atoms with Gasteiger partial charge in [-0.15, -0.1) is 0 Å². The Morgan fingerprint density at radius 1 is 1.24 bits per heavy atom. The molecule has 0 amide bonds. The van der Waals surface area contributed by atoms with Crippen LogP contribution in [0.2, 0.25) is 0 Å². The minimum absolute atomic E-state index is 0.325. The zero-order valence-corrected chi connectivity index (χ0v) is 11.5. The summed E-state index contributed by atoms with van der Waals surface area (Å²) in [5.74, 6) is 0.854. The van der Waals surface area contributed by atoms with Crippen LogP contribution in [0, 0.1) is 5.92 Å². The molecule has 2 rings (SSSR count). The van der Waals surface area contributed by atoms with Crippen molar-refractivity contribution in [1.29, 1.82) is 0 Å². The number of hydrogen-bond acceptors (Lipinski definition) is 3. The maximum Gasteiger partial charge on any atom is 0.214 e. The molecule has 1 saturated heterocycles. The Balaban J connectivity index is 1.62. The van der Waals surface area contributed by atoms with Gasteiger partial charge in [0.05, 0.1) is 5.75 Å². The van der Waals surface area contributed by atoms with Crippen LogP contribution in [0.1, 0.15) is 39.0 Å². The van der Waals surface area contributed by atoms with Gasteiger partial charge in [-0.05, 0) is 44.6 Å². The van der Waals surface area contributed by atoms with Crippen LogP contribution < -0.4 is 5.32 Å². The van der Waals surface area contributed by atoms with Crippen LogP contribution in [-0.2, 0) is 10.0 Å². The fourth-order valence-electron chi connectivity index (χ4n) is 2.28. The first-order valence-electron chi connectivity index (χ1n) is 6.79. The maximum absolute atomic E-state index is 12.0. The van der Waals surface area contributed by atoms with Gasteiger partial charge in [-0.25, -0.2) is 12.7 Å². The predicted octanol–water partition coefficient (Wildman–Crippen LogP) is 1.19. The number of nitrogens with zero attached hydrogens (tertiary/aromatic N) is 1. The molecule has 100 valence electrons. The molecule has 1 aliphatic carbocycles. The first kappa shape index (κ1) is 13.3. The summed E-state index contributed by atoms with van der Waals surface area (Å²) in [6.07, 6.45) is 5.36. The first-order valence-corrected chi connectivity index (χ1v) is 8.40. The van der Waals surface area contributed by atoms with Gasteiger partial charge < -0.3 is 5.32 Å². The van der Waals surface area contributed by atoms with E-state index in [9.17, 15) is 8.42 Å². The van der Waals surface area contributed by atoms with Crippen LogP contribution in [0.4, 0.5) is 0 Å². The van der Waals surface area contributed by atoms with Crippen LogP contribution in [0.5, 0.6) is 0 Å². The molecule has 5 heteroatoms. The molecule has 0 aromatic carbocycles. The Bertz CT molecular complexity index is 338. The van der Waals surface area contributed by atoms with E-state index in [-0.39, 0.29) is 0 Å². The third-order valence-electron chi connectivity index (χ3n) is 3.62. The van der Waals surface area contributed by atoms with Crippen molar-refractivity contribution in [2.45, 2.75) is 45.1 Å². The Morgan fingerprint density at radius 2 is 2.00 bits per heavy atom. The van der Waals surface area contributed by atoms with Crippen LogP contribution in [-0.4, -0.2) is 44.2 Å². The quantitative estimate of drug-likeness (QED) is 0.700. The van der Waals surface area contributed by atoms with E-state index in [1.165, 1.54) is 12.8 Å². The van der Waals surface area contributed by atoms with E-state index in [1.54, 1.807) is 4.31 Å². The Hall–Kier alpha value is -0.130. The van der Waals surface area contributed by atoms with Crippen LogP contribution in [0.3, 0.4) is 0 Å². The van der Waals surface area contributed by atoms with E-state index in [2.05, 4.69) is 12.2 Å². The molecule has 17 heavy (non-hydrogen) atoms. The highest BCUT2D eigenvalue weighted by atomic mass is 32.2. The summed E-state index contributed by atoms with van der Waals surface area (Å²) in [5, 5.41) is 3.41. The summed E-state index contributed by atoms with van der Waals surface area (Å²) in [5.41, 5.74) is 0. The summed E-state index contributed by atoms with van der Waals surface area (Å²) in [6, 6.07) is 0.728. The summed E-state index contributed by atoms with van der Waals surface area (Å²) in [6.45, 7) is 4.54. The first-order chi connectivity index (χ1) is 8.08. The molecule has 1 unspecified atom stereocenters. The molecule has 1 N–H and O–H groups in total. The number of sulfonamides is 1. The smallest absolute Gasteiger partial charge is 0.214 e. The summed E-state index contributed by atoms with van der Waals surface area (Å²) in [7, 11) is -2.97. The van der Waals surface area contributed by atoms with E-state index < -0.39 is 10.0 Å². The number of unbranched alkanes of at least 4 members (excludes halogenated alkanes) is 1. The Labute approximate surface area is 105 Å². The molecule has 2 aliphatic rings. The van der Waals surface area contributed by atoms with E-state index in [0.717, 1.165) is 44.9 Å². The zero-order valence-electron chi connectivity index (χ0n) is 10.7. The minimum atomic E-state index is -2.97. The molecule has 2 fully saturated rings. The van der Waals surface area contributed by atoms with Gasteiger partial charge in [0.1, 0.15) is 0 Å². The maximum atomic E-state index is 12.0. The predicted molar refractivity (Wildman–Crippen MR) is 69.4 cm³/mol. The van der Waals surface area contributed by atoms with Gasteiger partial charge in [0.2, 0.25) is 10.0 Å². The number of nitrogens with one attached hydrogen (secondary N) is 1. The van der Waals surface area contributed by atoms with Crippen molar-refractivity contribution < 1.29 is 8.42 Å². The monoisotopic (exact) mass is 260 g/mol. The highest BCUT2D eigenvalue weighted by Crippen LogP contribution is 2.20. The second-order valence-corrected chi connectivity index (χ2v) is 7.59. The van der Waals surface area contributed by atoms with E-state index >= 15 is 0 Å². The van der Waals surface area contributed by atoms with Gasteiger partial charge >= 0.3 is 0 Å². The fourth-order valence-corrected chi connectivity index (χ4v) is 3.97. The van der Waals surface area contributed by atoms with Crippen molar-refractivity contribution in [3.63, 3.8) is 0 Å². The second-order valence-electron chi connectivity index (χ2n) is 5.50. The SMILES string of the molecule is CC1CCN(S(=O)(=O)CCCCNC2CC2)C1. The highest BCUT2D eigenvalue weighted by Gasteiger charge is 2.28. The highest BCUT2D eigenvalue weighted by molar-refractivity contribution is 7.89. The standard InChI is InChI=1S/C12H24N2O2S/c1-11-6-8-14(10-11)17(15,16)9-3-2-7-13-12-4-5-12/h11-13H,2-10H2,1H3.